The molecule has 0 unspecified atom stereocenters. The number of rotatable bonds is 4. The SMILES string of the molecule is CN(C)S(=O)(=O)c1ccc(C(=O)N2CCN(C(=O)c3cc(Cl)ccc3F)CC2)cc1. The van der Waals surface area contributed by atoms with E-state index in [4.69, 9.17) is 11.6 Å². The number of carbonyl (C=O) groups excluding carboxylic acids is 2. The van der Waals surface area contributed by atoms with Gasteiger partial charge in [-0.3, -0.25) is 9.59 Å². The predicted molar refractivity (Wildman–Crippen MR) is 111 cm³/mol. The van der Waals surface area contributed by atoms with Crippen molar-refractivity contribution < 1.29 is 22.4 Å². The lowest BCUT2D eigenvalue weighted by atomic mass is 10.1. The zero-order valence-electron chi connectivity index (χ0n) is 16.5. The molecule has 10 heteroatoms. The Morgan fingerprint density at radius 1 is 0.933 bits per heavy atom. The zero-order valence-corrected chi connectivity index (χ0v) is 18.1. The van der Waals surface area contributed by atoms with Crippen molar-refractivity contribution in [2.75, 3.05) is 40.3 Å². The van der Waals surface area contributed by atoms with Crippen LogP contribution >= 0.6 is 11.6 Å². The van der Waals surface area contributed by atoms with Crippen molar-refractivity contribution in [2.24, 2.45) is 0 Å². The monoisotopic (exact) mass is 453 g/mol. The van der Waals surface area contributed by atoms with Gasteiger partial charge in [0.1, 0.15) is 5.82 Å². The average Bonchev–Trinajstić information content (AvgIpc) is 2.74. The Morgan fingerprint density at radius 2 is 1.47 bits per heavy atom. The number of amides is 2. The van der Waals surface area contributed by atoms with E-state index in [-0.39, 0.29) is 47.6 Å². The molecule has 30 heavy (non-hydrogen) atoms. The standard InChI is InChI=1S/C20H21ClFN3O4S/c1-23(2)30(28,29)16-6-3-14(4-7-16)19(26)24-9-11-25(12-10-24)20(27)17-13-15(21)5-8-18(17)22/h3-8,13H,9-12H2,1-2H3. The highest BCUT2D eigenvalue weighted by Gasteiger charge is 2.27. The number of halogens is 2. The van der Waals surface area contributed by atoms with Crippen LogP contribution in [0.4, 0.5) is 4.39 Å². The Morgan fingerprint density at radius 3 is 2.00 bits per heavy atom. The molecule has 0 atom stereocenters. The first kappa shape index (κ1) is 22.2. The second kappa shape index (κ2) is 8.71. The number of sulfonamides is 1. The maximum atomic E-state index is 14.0. The Kier molecular flexibility index (Phi) is 6.44. The topological polar surface area (TPSA) is 78.0 Å². The number of benzene rings is 2. The maximum absolute atomic E-state index is 14.0. The van der Waals surface area contributed by atoms with Crippen molar-refractivity contribution in [1.82, 2.24) is 14.1 Å². The van der Waals surface area contributed by atoms with Crippen LogP contribution in [-0.2, 0) is 10.0 Å². The van der Waals surface area contributed by atoms with Crippen LogP contribution in [0.5, 0.6) is 0 Å². The first-order chi connectivity index (χ1) is 14.1. The Hall–Kier alpha value is -2.49. The fraction of sp³-hybridized carbons (Fsp3) is 0.300. The molecule has 0 radical (unpaired) electrons. The molecule has 0 aliphatic carbocycles. The Labute approximate surface area is 179 Å². The molecular formula is C20H21ClFN3O4S. The fourth-order valence-electron chi connectivity index (χ4n) is 3.11. The van der Waals surface area contributed by atoms with Crippen LogP contribution in [0.1, 0.15) is 20.7 Å². The van der Waals surface area contributed by atoms with Gasteiger partial charge in [-0.15, -0.1) is 0 Å². The van der Waals surface area contributed by atoms with E-state index >= 15 is 0 Å². The quantitative estimate of drug-likeness (QED) is 0.711. The molecule has 0 bridgehead atoms. The third-order valence-electron chi connectivity index (χ3n) is 4.89. The van der Waals surface area contributed by atoms with Gasteiger partial charge >= 0.3 is 0 Å². The maximum Gasteiger partial charge on any atom is 0.257 e. The summed E-state index contributed by atoms with van der Waals surface area (Å²) in [6.07, 6.45) is 0. The van der Waals surface area contributed by atoms with Gasteiger partial charge in [0.15, 0.2) is 0 Å². The van der Waals surface area contributed by atoms with Gasteiger partial charge in [0.25, 0.3) is 11.8 Å². The second-order valence-corrected chi connectivity index (χ2v) is 9.61. The minimum Gasteiger partial charge on any atom is -0.335 e. The molecule has 1 heterocycles. The van der Waals surface area contributed by atoms with E-state index in [1.165, 1.54) is 55.4 Å². The van der Waals surface area contributed by atoms with Crippen LogP contribution in [0.2, 0.25) is 5.02 Å². The van der Waals surface area contributed by atoms with Crippen LogP contribution in [0.25, 0.3) is 0 Å². The minimum atomic E-state index is -3.57. The lowest BCUT2D eigenvalue weighted by Crippen LogP contribution is -2.50. The number of nitrogens with zero attached hydrogens (tertiary/aromatic N) is 3. The molecule has 1 aliphatic rings. The molecule has 2 amide bonds. The van der Waals surface area contributed by atoms with Crippen LogP contribution in [-0.4, -0.2) is 74.6 Å². The van der Waals surface area contributed by atoms with Crippen LogP contribution in [0.15, 0.2) is 47.4 Å². The lowest BCUT2D eigenvalue weighted by molar-refractivity contribution is 0.0533. The lowest BCUT2D eigenvalue weighted by Gasteiger charge is -2.35. The van der Waals surface area contributed by atoms with Crippen molar-refractivity contribution in [3.8, 4) is 0 Å². The van der Waals surface area contributed by atoms with Crippen molar-refractivity contribution in [2.45, 2.75) is 4.90 Å². The van der Waals surface area contributed by atoms with Gasteiger partial charge in [-0.1, -0.05) is 11.6 Å². The first-order valence-electron chi connectivity index (χ1n) is 9.17. The molecule has 0 N–H and O–H groups in total. The fourth-order valence-corrected chi connectivity index (χ4v) is 4.18. The minimum absolute atomic E-state index is 0.0973. The summed E-state index contributed by atoms with van der Waals surface area (Å²) in [5.74, 6) is -1.37. The van der Waals surface area contributed by atoms with Crippen molar-refractivity contribution in [3.05, 3.63) is 64.4 Å². The van der Waals surface area contributed by atoms with Crippen LogP contribution in [0.3, 0.4) is 0 Å². The molecule has 0 spiro atoms. The van der Waals surface area contributed by atoms with E-state index in [2.05, 4.69) is 0 Å². The number of piperazine rings is 1. The highest BCUT2D eigenvalue weighted by atomic mass is 35.5. The van der Waals surface area contributed by atoms with Gasteiger partial charge in [0.2, 0.25) is 10.0 Å². The van der Waals surface area contributed by atoms with Crippen LogP contribution < -0.4 is 0 Å². The molecule has 1 aliphatic heterocycles. The van der Waals surface area contributed by atoms with Gasteiger partial charge in [0, 0.05) is 50.9 Å². The molecule has 2 aromatic rings. The molecule has 1 fully saturated rings. The van der Waals surface area contributed by atoms with E-state index in [1.807, 2.05) is 0 Å². The van der Waals surface area contributed by atoms with Crippen molar-refractivity contribution in [3.63, 3.8) is 0 Å². The zero-order chi connectivity index (χ0) is 22.1. The average molecular weight is 454 g/mol. The molecule has 160 valence electrons. The summed E-state index contributed by atoms with van der Waals surface area (Å²) in [5, 5.41) is 0.272. The summed E-state index contributed by atoms with van der Waals surface area (Å²) >= 11 is 5.86. The third-order valence-corrected chi connectivity index (χ3v) is 6.96. The second-order valence-electron chi connectivity index (χ2n) is 7.02. The predicted octanol–water partition coefficient (Wildman–Crippen LogP) is 2.33. The number of hydrogen-bond donors (Lipinski definition) is 0. The van der Waals surface area contributed by atoms with E-state index < -0.39 is 21.7 Å². The van der Waals surface area contributed by atoms with E-state index in [0.29, 0.717) is 5.56 Å². The molecule has 2 aromatic carbocycles. The molecule has 0 aromatic heterocycles. The Balaban J connectivity index is 1.65. The van der Waals surface area contributed by atoms with E-state index in [1.54, 1.807) is 4.90 Å². The van der Waals surface area contributed by atoms with Crippen molar-refractivity contribution >= 4 is 33.4 Å². The summed E-state index contributed by atoms with van der Waals surface area (Å²) in [4.78, 5) is 28.4. The van der Waals surface area contributed by atoms with E-state index in [0.717, 1.165) is 10.4 Å². The highest BCUT2D eigenvalue weighted by molar-refractivity contribution is 7.89. The van der Waals surface area contributed by atoms with Gasteiger partial charge in [-0.25, -0.2) is 17.1 Å². The van der Waals surface area contributed by atoms with Crippen molar-refractivity contribution in [1.29, 1.82) is 0 Å². The molecule has 0 saturated carbocycles. The summed E-state index contributed by atoms with van der Waals surface area (Å²) in [6, 6.07) is 9.54. The highest BCUT2D eigenvalue weighted by Crippen LogP contribution is 2.19. The molecule has 1 saturated heterocycles. The molecule has 7 nitrogen and oxygen atoms in total. The summed E-state index contributed by atoms with van der Waals surface area (Å²) < 4.78 is 39.3. The smallest absolute Gasteiger partial charge is 0.257 e. The van der Waals surface area contributed by atoms with Gasteiger partial charge in [-0.2, -0.15) is 0 Å². The van der Waals surface area contributed by atoms with Gasteiger partial charge in [0.05, 0.1) is 10.5 Å². The van der Waals surface area contributed by atoms with E-state index in [9.17, 15) is 22.4 Å². The van der Waals surface area contributed by atoms with Crippen LogP contribution in [0, 0.1) is 5.82 Å². The first-order valence-corrected chi connectivity index (χ1v) is 11.0. The third kappa shape index (κ3) is 4.48. The summed E-state index contributed by atoms with van der Waals surface area (Å²) in [5.41, 5.74) is 0.258. The molecular weight excluding hydrogens is 433 g/mol. The van der Waals surface area contributed by atoms with Gasteiger partial charge in [-0.05, 0) is 42.5 Å². The summed E-state index contributed by atoms with van der Waals surface area (Å²) in [7, 11) is -0.700. The normalized spacial score (nSPS) is 14.8. The largest absolute Gasteiger partial charge is 0.335 e. The number of hydrogen-bond acceptors (Lipinski definition) is 4. The summed E-state index contributed by atoms with van der Waals surface area (Å²) in [6.45, 7) is 1.07. The number of carbonyl (C=O) groups is 2. The molecule has 3 rings (SSSR count). The van der Waals surface area contributed by atoms with Gasteiger partial charge < -0.3 is 9.80 Å². The Bertz CT molecular complexity index is 1070.